The number of halogens is 2. The average Bonchev–Trinajstić information content (AvgIpc) is 3.12. The van der Waals surface area contributed by atoms with E-state index in [-0.39, 0.29) is 25.4 Å². The largest absolute Gasteiger partial charge is 0.305 e. The van der Waals surface area contributed by atoms with E-state index in [4.69, 9.17) is 23.2 Å². The van der Waals surface area contributed by atoms with Gasteiger partial charge in [-0.3, -0.25) is 14.0 Å². The van der Waals surface area contributed by atoms with Crippen LogP contribution in [0.2, 0.25) is 10.0 Å². The Balaban J connectivity index is 0.00000256. The summed E-state index contributed by atoms with van der Waals surface area (Å²) < 4.78 is 2.38. The van der Waals surface area contributed by atoms with Gasteiger partial charge in [0.05, 0.1) is 43.4 Å². The summed E-state index contributed by atoms with van der Waals surface area (Å²) in [5.41, 5.74) is 2.99. The molecule has 0 unspecified atom stereocenters. The Hall–Kier alpha value is -2.06. The first kappa shape index (κ1) is 22.6. The predicted molar refractivity (Wildman–Crippen MR) is 128 cm³/mol. The summed E-state index contributed by atoms with van der Waals surface area (Å²) in [4.78, 5) is 19.7. The molecule has 0 radical (unpaired) electrons. The zero-order valence-electron chi connectivity index (χ0n) is 17.2. The molecule has 1 aliphatic heterocycles. The van der Waals surface area contributed by atoms with Crippen molar-refractivity contribution < 1.29 is 4.79 Å². The van der Waals surface area contributed by atoms with Gasteiger partial charge in [-0.2, -0.15) is 18.6 Å². The zero-order valence-corrected chi connectivity index (χ0v) is 19.7. The van der Waals surface area contributed by atoms with Crippen LogP contribution in [-0.2, 0) is 0 Å². The number of nitrogens with zero attached hydrogens (tertiary/aromatic N) is 5. The number of quaternary nitrogens is 1. The van der Waals surface area contributed by atoms with Crippen molar-refractivity contribution in [1.82, 2.24) is 19.2 Å². The Labute approximate surface area is 193 Å². The Morgan fingerprint density at radius 2 is 1.83 bits per heavy atom. The molecule has 4 rings (SSSR count). The molecule has 3 aromatic rings. The normalized spacial score (nSPS) is 16.3. The summed E-state index contributed by atoms with van der Waals surface area (Å²) in [6.45, 7) is 2.55. The smallest absolute Gasteiger partial charge is 0.277 e. The Morgan fingerprint density at radius 3 is 2.50 bits per heavy atom. The van der Waals surface area contributed by atoms with Crippen LogP contribution in [0.15, 0.2) is 42.7 Å². The molecule has 0 aliphatic carbocycles. The number of pyridine rings is 1. The summed E-state index contributed by atoms with van der Waals surface area (Å²) in [5.74, 6) is 0.790. The van der Waals surface area contributed by atoms with Crippen LogP contribution in [0.5, 0.6) is 0 Å². The maximum Gasteiger partial charge on any atom is 0.277 e. The highest BCUT2D eigenvalue weighted by molar-refractivity contribution is 7.59. The highest BCUT2D eigenvalue weighted by Gasteiger charge is 2.34. The summed E-state index contributed by atoms with van der Waals surface area (Å²) in [6.07, 6.45) is 3.53. The van der Waals surface area contributed by atoms with E-state index in [0.717, 1.165) is 22.6 Å². The van der Waals surface area contributed by atoms with Crippen LogP contribution in [0.3, 0.4) is 0 Å². The van der Waals surface area contributed by atoms with Crippen molar-refractivity contribution in [2.24, 2.45) is 0 Å². The van der Waals surface area contributed by atoms with E-state index in [1.54, 1.807) is 34.1 Å². The molecule has 0 bridgehead atoms. The molecule has 3 heterocycles. The molecule has 0 saturated carbocycles. The standard InChI is InChI=1S/C21H22Cl2N5O.H2S/c1-13-12-26(15-5-6-17(22)18(23)10-15)21(29)20-16(11-25-27(13)20)14-7-8-24-19(9-14)28(2,3)4;/h5-11,13H,12H2,1-4H3;1H2/q+1;/t13-;/m0./s1. The second kappa shape index (κ2) is 8.23. The number of rotatable bonds is 3. The van der Waals surface area contributed by atoms with E-state index in [1.807, 2.05) is 25.1 Å². The van der Waals surface area contributed by atoms with Crippen molar-refractivity contribution in [2.75, 3.05) is 32.6 Å². The van der Waals surface area contributed by atoms with Gasteiger partial charge < -0.3 is 4.90 Å². The molecule has 0 spiro atoms. The maximum atomic E-state index is 13.5. The molecule has 2 aromatic heterocycles. The highest BCUT2D eigenvalue weighted by atomic mass is 35.5. The van der Waals surface area contributed by atoms with Crippen molar-refractivity contribution >= 4 is 54.1 Å². The molecular weight excluding hydrogens is 441 g/mol. The SMILES string of the molecule is C[C@H]1CN(c2ccc(Cl)c(Cl)c2)C(=O)c2c(-c3ccnc([N+](C)(C)C)c3)cnn21.S. The average molecular weight is 465 g/mol. The summed E-state index contributed by atoms with van der Waals surface area (Å²) >= 11 is 12.2. The summed E-state index contributed by atoms with van der Waals surface area (Å²) in [5, 5.41) is 5.40. The number of aromatic nitrogens is 3. The first-order valence-electron chi connectivity index (χ1n) is 9.29. The molecular formula is C21H24Cl2N5OS+. The molecule has 0 N–H and O–H groups in total. The lowest BCUT2D eigenvalue weighted by Crippen LogP contribution is -2.42. The lowest BCUT2D eigenvalue weighted by molar-refractivity contribution is 0.0954. The quantitative estimate of drug-likeness (QED) is 0.523. The van der Waals surface area contributed by atoms with Crippen LogP contribution in [0.1, 0.15) is 23.5 Å². The Morgan fingerprint density at radius 1 is 1.10 bits per heavy atom. The fourth-order valence-electron chi connectivity index (χ4n) is 3.50. The zero-order chi connectivity index (χ0) is 20.9. The van der Waals surface area contributed by atoms with Crippen molar-refractivity contribution in [3.05, 3.63) is 58.5 Å². The molecule has 1 aliphatic rings. The van der Waals surface area contributed by atoms with Gasteiger partial charge in [0.15, 0.2) is 0 Å². The number of carbonyl (C=O) groups excluding carboxylic acids is 1. The minimum atomic E-state index is -0.113. The highest BCUT2D eigenvalue weighted by Crippen LogP contribution is 2.35. The lowest BCUT2D eigenvalue weighted by atomic mass is 10.0. The number of carbonyl (C=O) groups is 1. The van der Waals surface area contributed by atoms with Crippen LogP contribution in [-0.4, -0.2) is 48.4 Å². The molecule has 30 heavy (non-hydrogen) atoms. The van der Waals surface area contributed by atoms with Crippen LogP contribution >= 0.6 is 36.7 Å². The maximum absolute atomic E-state index is 13.5. The molecule has 1 atom stereocenters. The summed E-state index contributed by atoms with van der Waals surface area (Å²) in [7, 11) is 6.16. The van der Waals surface area contributed by atoms with Gasteiger partial charge >= 0.3 is 0 Å². The first-order chi connectivity index (χ1) is 13.7. The third kappa shape index (κ3) is 3.95. The van der Waals surface area contributed by atoms with Gasteiger partial charge in [-0.25, -0.2) is 4.98 Å². The number of hydrogen-bond acceptors (Lipinski definition) is 3. The van der Waals surface area contributed by atoms with Gasteiger partial charge in [-0.1, -0.05) is 23.2 Å². The van der Waals surface area contributed by atoms with Crippen molar-refractivity contribution in [3.8, 4) is 11.1 Å². The number of benzene rings is 1. The van der Waals surface area contributed by atoms with Gasteiger partial charge in [0.1, 0.15) is 5.69 Å². The van der Waals surface area contributed by atoms with Gasteiger partial charge in [-0.15, -0.1) is 0 Å². The van der Waals surface area contributed by atoms with Crippen molar-refractivity contribution in [2.45, 2.75) is 13.0 Å². The van der Waals surface area contributed by atoms with Gasteiger partial charge in [-0.05, 0) is 36.8 Å². The minimum absolute atomic E-state index is 0. The fraction of sp³-hybridized carbons (Fsp3) is 0.286. The number of amides is 1. The van der Waals surface area contributed by atoms with Crippen molar-refractivity contribution in [1.29, 1.82) is 0 Å². The molecule has 1 amide bonds. The molecule has 158 valence electrons. The summed E-state index contributed by atoms with van der Waals surface area (Å²) in [6, 6.07) is 9.18. The van der Waals surface area contributed by atoms with Gasteiger partial charge in [0.2, 0.25) is 5.82 Å². The molecule has 0 saturated heterocycles. The van der Waals surface area contributed by atoms with Crippen molar-refractivity contribution in [3.63, 3.8) is 0 Å². The fourth-order valence-corrected chi connectivity index (χ4v) is 3.79. The van der Waals surface area contributed by atoms with Gasteiger partial charge in [0.25, 0.3) is 5.91 Å². The van der Waals surface area contributed by atoms with E-state index < -0.39 is 0 Å². The minimum Gasteiger partial charge on any atom is -0.305 e. The van der Waals surface area contributed by atoms with E-state index in [2.05, 4.69) is 31.2 Å². The third-order valence-electron chi connectivity index (χ3n) is 5.07. The second-order valence-corrected chi connectivity index (χ2v) is 8.94. The van der Waals surface area contributed by atoms with E-state index in [0.29, 0.717) is 26.8 Å². The predicted octanol–water partition coefficient (Wildman–Crippen LogP) is 4.78. The first-order valence-corrected chi connectivity index (χ1v) is 10.1. The number of hydrogen-bond donors (Lipinski definition) is 0. The Bertz CT molecular complexity index is 1110. The molecule has 0 fully saturated rings. The number of fused-ring (bicyclic) bond motifs is 1. The topological polar surface area (TPSA) is 51.0 Å². The van der Waals surface area contributed by atoms with E-state index in [9.17, 15) is 4.79 Å². The van der Waals surface area contributed by atoms with Gasteiger partial charge in [0, 0.05) is 30.1 Å². The van der Waals surface area contributed by atoms with Crippen LogP contribution in [0.25, 0.3) is 11.1 Å². The molecule has 9 heteroatoms. The Kier molecular flexibility index (Phi) is 6.20. The number of anilines is 1. The van der Waals surface area contributed by atoms with E-state index >= 15 is 0 Å². The molecule has 6 nitrogen and oxygen atoms in total. The third-order valence-corrected chi connectivity index (χ3v) is 5.81. The second-order valence-electron chi connectivity index (χ2n) is 8.13. The lowest BCUT2D eigenvalue weighted by Gasteiger charge is -2.32. The monoisotopic (exact) mass is 464 g/mol. The molecule has 1 aromatic carbocycles. The van der Waals surface area contributed by atoms with Crippen LogP contribution < -0.4 is 9.38 Å². The van der Waals surface area contributed by atoms with Crippen LogP contribution in [0, 0.1) is 0 Å². The van der Waals surface area contributed by atoms with E-state index in [1.165, 1.54) is 0 Å². The van der Waals surface area contributed by atoms with Crippen LogP contribution in [0.4, 0.5) is 11.5 Å².